The molecule has 4 nitrogen and oxygen atoms in total. The van der Waals surface area contributed by atoms with Crippen molar-refractivity contribution in [3.8, 4) is 0 Å². The van der Waals surface area contributed by atoms with E-state index in [4.69, 9.17) is 20.4 Å². The van der Waals surface area contributed by atoms with Gasteiger partial charge in [-0.05, 0) is 47.1 Å². The summed E-state index contributed by atoms with van der Waals surface area (Å²) in [5, 5.41) is 0.666. The molecule has 200 valence electrons. The fraction of sp³-hybridized carbons (Fsp3) is 0.353. The van der Waals surface area contributed by atoms with Crippen molar-refractivity contribution in [3.63, 3.8) is 0 Å². The summed E-state index contributed by atoms with van der Waals surface area (Å²) in [7, 11) is -3.67. The van der Waals surface area contributed by atoms with Gasteiger partial charge in [0.1, 0.15) is 11.2 Å². The second-order valence-electron chi connectivity index (χ2n) is 12.2. The quantitative estimate of drug-likeness (QED) is 0.314. The lowest BCUT2D eigenvalue weighted by atomic mass is 9.65. The van der Waals surface area contributed by atoms with Crippen molar-refractivity contribution >= 4 is 7.60 Å². The molecule has 1 saturated heterocycles. The van der Waals surface area contributed by atoms with Crippen LogP contribution < -0.4 is 0 Å². The molecule has 0 amide bonds. The van der Waals surface area contributed by atoms with Gasteiger partial charge in [-0.1, -0.05) is 112 Å². The molecular formula is C34H35O4P. The normalized spacial score (nSPS) is 30.8. The number of hydrogen-bond donors (Lipinski definition) is 0. The third-order valence-electron chi connectivity index (χ3n) is 9.04. The molecule has 3 atom stereocenters. The van der Waals surface area contributed by atoms with Crippen LogP contribution in [0.15, 0.2) is 108 Å². The van der Waals surface area contributed by atoms with E-state index in [-0.39, 0.29) is 11.3 Å². The monoisotopic (exact) mass is 538 g/mol. The number of rotatable bonds is 3. The Kier molecular flexibility index (Phi) is 5.74. The maximum Gasteiger partial charge on any atom is 0.361 e. The van der Waals surface area contributed by atoms with Crippen LogP contribution in [-0.2, 0) is 29.6 Å². The second kappa shape index (κ2) is 8.88. The minimum absolute atomic E-state index is 0.0254. The molecule has 3 aromatic carbocycles. The number of ether oxygens (including phenoxy) is 1. The first-order valence-electron chi connectivity index (χ1n) is 14.1. The Labute approximate surface area is 231 Å². The maximum atomic E-state index is 14.9. The molecule has 7 rings (SSSR count). The highest BCUT2D eigenvalue weighted by atomic mass is 31.2. The molecule has 3 aliphatic heterocycles. The topological polar surface area (TPSA) is 44.8 Å². The van der Waals surface area contributed by atoms with Gasteiger partial charge in [-0.25, -0.2) is 0 Å². The molecular weight excluding hydrogens is 503 g/mol. The standard InChI is InChI=1S/C34H35O4P/c1-24-31(39(35)36-22-32(2,3)23-37-39)27-18-10-11-19-28(27)34(26-16-8-5-9-17-26)30-21-13-12-20-29(30)33(24,38-34)25-14-6-4-7-15-25/h4-9,12-17,20-21,28H,1,10-11,18-19,22-23H2,2-3H3. The van der Waals surface area contributed by atoms with Gasteiger partial charge in [0.2, 0.25) is 0 Å². The molecule has 0 N–H and O–H groups in total. The average Bonchev–Trinajstić information content (AvgIpc) is 3.24. The summed E-state index contributed by atoms with van der Waals surface area (Å²) in [5.41, 5.74) is 4.10. The van der Waals surface area contributed by atoms with Gasteiger partial charge in [0.25, 0.3) is 0 Å². The predicted octanol–water partition coefficient (Wildman–Crippen LogP) is 8.48. The molecule has 3 aromatic rings. The summed E-state index contributed by atoms with van der Waals surface area (Å²) in [6, 6.07) is 29.4. The van der Waals surface area contributed by atoms with Crippen molar-refractivity contribution in [1.29, 1.82) is 0 Å². The van der Waals surface area contributed by atoms with Gasteiger partial charge < -0.3 is 13.8 Å². The van der Waals surface area contributed by atoms with Gasteiger partial charge in [-0.3, -0.25) is 4.57 Å². The molecule has 1 aliphatic carbocycles. The highest BCUT2D eigenvalue weighted by Gasteiger charge is 2.65. The van der Waals surface area contributed by atoms with Crippen molar-refractivity contribution in [3.05, 3.63) is 130 Å². The van der Waals surface area contributed by atoms with E-state index in [1.165, 1.54) is 0 Å². The zero-order valence-electron chi connectivity index (χ0n) is 22.7. The van der Waals surface area contributed by atoms with Crippen LogP contribution >= 0.6 is 7.60 Å². The lowest BCUT2D eigenvalue weighted by Gasteiger charge is -2.42. The van der Waals surface area contributed by atoms with Crippen LogP contribution in [0.2, 0.25) is 0 Å². The molecule has 2 bridgehead atoms. The Morgan fingerprint density at radius 3 is 2.05 bits per heavy atom. The van der Waals surface area contributed by atoms with E-state index in [9.17, 15) is 4.57 Å². The SMILES string of the molecule is C=C1C(P2(=O)OCC(C)(C)CO2)=C2CCCCC2C2(c3ccccc3)OC1(c1ccccc1)c1ccccc12. The van der Waals surface area contributed by atoms with Crippen LogP contribution in [0.3, 0.4) is 0 Å². The Morgan fingerprint density at radius 1 is 0.795 bits per heavy atom. The van der Waals surface area contributed by atoms with Crippen LogP contribution in [0.1, 0.15) is 61.8 Å². The van der Waals surface area contributed by atoms with Crippen LogP contribution in [0, 0.1) is 11.3 Å². The lowest BCUT2D eigenvalue weighted by molar-refractivity contribution is -0.103. The molecule has 2 fully saturated rings. The van der Waals surface area contributed by atoms with Crippen LogP contribution in [0.5, 0.6) is 0 Å². The predicted molar refractivity (Wildman–Crippen MR) is 153 cm³/mol. The summed E-state index contributed by atoms with van der Waals surface area (Å²) < 4.78 is 35.1. The van der Waals surface area contributed by atoms with Crippen molar-refractivity contribution in [1.82, 2.24) is 0 Å². The number of hydrogen-bond acceptors (Lipinski definition) is 4. The summed E-state index contributed by atoms with van der Waals surface area (Å²) in [5.74, 6) is -0.0254. The molecule has 3 unspecified atom stereocenters. The minimum Gasteiger partial charge on any atom is -0.344 e. The van der Waals surface area contributed by atoms with E-state index in [2.05, 4.69) is 74.5 Å². The Morgan fingerprint density at radius 2 is 1.38 bits per heavy atom. The second-order valence-corrected chi connectivity index (χ2v) is 14.1. The van der Waals surface area contributed by atoms with Gasteiger partial charge in [0.15, 0.2) is 0 Å². The van der Waals surface area contributed by atoms with E-state index in [1.54, 1.807) is 0 Å². The average molecular weight is 539 g/mol. The summed E-state index contributed by atoms with van der Waals surface area (Å²) in [6.45, 7) is 9.65. The Bertz CT molecular complexity index is 1510. The van der Waals surface area contributed by atoms with E-state index in [0.29, 0.717) is 24.1 Å². The molecule has 5 heteroatoms. The van der Waals surface area contributed by atoms with Crippen LogP contribution in [0.4, 0.5) is 0 Å². The first-order valence-corrected chi connectivity index (χ1v) is 15.6. The lowest BCUT2D eigenvalue weighted by Crippen LogP contribution is -2.40. The van der Waals surface area contributed by atoms with Gasteiger partial charge in [-0.2, -0.15) is 0 Å². The zero-order chi connectivity index (χ0) is 26.9. The summed E-state index contributed by atoms with van der Waals surface area (Å²) in [4.78, 5) is 0. The number of benzene rings is 3. The van der Waals surface area contributed by atoms with Crippen molar-refractivity contribution in [2.45, 2.75) is 50.7 Å². The molecule has 3 heterocycles. The smallest absolute Gasteiger partial charge is 0.344 e. The largest absolute Gasteiger partial charge is 0.361 e. The van der Waals surface area contributed by atoms with Crippen LogP contribution in [0.25, 0.3) is 0 Å². The summed E-state index contributed by atoms with van der Waals surface area (Å²) in [6.07, 6.45) is 3.85. The van der Waals surface area contributed by atoms with E-state index in [1.807, 2.05) is 24.3 Å². The van der Waals surface area contributed by atoms with Gasteiger partial charge in [0.05, 0.1) is 18.5 Å². The molecule has 1 saturated carbocycles. The first-order chi connectivity index (χ1) is 18.8. The molecule has 4 aliphatic rings. The molecule has 39 heavy (non-hydrogen) atoms. The first kappa shape index (κ1) is 25.2. The Hall–Kier alpha value is -2.75. The van der Waals surface area contributed by atoms with E-state index >= 15 is 0 Å². The van der Waals surface area contributed by atoms with Gasteiger partial charge >= 0.3 is 7.60 Å². The van der Waals surface area contributed by atoms with Gasteiger partial charge in [-0.15, -0.1) is 0 Å². The van der Waals surface area contributed by atoms with E-state index < -0.39 is 18.8 Å². The highest BCUT2D eigenvalue weighted by molar-refractivity contribution is 7.59. The van der Waals surface area contributed by atoms with Crippen molar-refractivity contribution < 1.29 is 18.3 Å². The minimum atomic E-state index is -3.67. The fourth-order valence-electron chi connectivity index (χ4n) is 7.28. The molecule has 0 spiro atoms. The Balaban J connectivity index is 1.59. The van der Waals surface area contributed by atoms with Gasteiger partial charge in [0, 0.05) is 16.9 Å². The summed E-state index contributed by atoms with van der Waals surface area (Å²) >= 11 is 0. The van der Waals surface area contributed by atoms with Crippen molar-refractivity contribution in [2.24, 2.45) is 11.3 Å². The third-order valence-corrected chi connectivity index (χ3v) is 11.1. The van der Waals surface area contributed by atoms with Crippen molar-refractivity contribution in [2.75, 3.05) is 13.2 Å². The highest BCUT2D eigenvalue weighted by Crippen LogP contribution is 2.73. The fourth-order valence-corrected chi connectivity index (χ4v) is 9.76. The maximum absolute atomic E-state index is 14.9. The van der Waals surface area contributed by atoms with Crippen LogP contribution in [-0.4, -0.2) is 13.2 Å². The third kappa shape index (κ3) is 3.52. The molecule has 0 aromatic heterocycles. The van der Waals surface area contributed by atoms with E-state index in [0.717, 1.165) is 53.5 Å². The zero-order valence-corrected chi connectivity index (χ0v) is 23.6. The molecule has 0 radical (unpaired) electrons. The number of fused-ring (bicyclic) bond motifs is 7.